The minimum atomic E-state index is -4.93. The number of alkyl halides is 3. The standard InChI is InChI=1S/C17H12ClF3O4/c1-3-16(2,24)5-4-9-6-11(18)7-10-8-12(15(22)23)14(17(19,20)21)25-13(9)10/h3,6-8,14,24H,1H2,2H3,(H,22,23). The quantitative estimate of drug-likeness (QED) is 0.616. The predicted molar refractivity (Wildman–Crippen MR) is 85.2 cm³/mol. The Morgan fingerprint density at radius 2 is 2.08 bits per heavy atom. The van der Waals surface area contributed by atoms with E-state index in [2.05, 4.69) is 18.4 Å². The zero-order valence-electron chi connectivity index (χ0n) is 12.8. The lowest BCUT2D eigenvalue weighted by Gasteiger charge is -2.27. The Balaban J connectivity index is 2.65. The fourth-order valence-corrected chi connectivity index (χ4v) is 2.26. The number of fused-ring (bicyclic) bond motifs is 1. The molecule has 2 atom stereocenters. The molecule has 8 heteroatoms. The molecule has 1 aliphatic rings. The minimum absolute atomic E-state index is 0.0143. The molecule has 0 saturated heterocycles. The summed E-state index contributed by atoms with van der Waals surface area (Å²) >= 11 is 5.91. The molecule has 2 rings (SSSR count). The Morgan fingerprint density at radius 1 is 1.44 bits per heavy atom. The average molecular weight is 373 g/mol. The van der Waals surface area contributed by atoms with Crippen LogP contribution in [0.15, 0.2) is 30.4 Å². The maximum absolute atomic E-state index is 13.1. The van der Waals surface area contributed by atoms with Crippen molar-refractivity contribution in [3.8, 4) is 17.6 Å². The summed E-state index contributed by atoms with van der Waals surface area (Å²) in [4.78, 5) is 11.1. The summed E-state index contributed by atoms with van der Waals surface area (Å²) in [5.41, 5.74) is -2.50. The molecule has 1 aliphatic heterocycles. The number of carboxylic acid groups (broad SMARTS) is 1. The van der Waals surface area contributed by atoms with Crippen molar-refractivity contribution < 1.29 is 32.9 Å². The molecule has 4 nitrogen and oxygen atoms in total. The van der Waals surface area contributed by atoms with Crippen LogP contribution in [0.2, 0.25) is 5.02 Å². The summed E-state index contributed by atoms with van der Waals surface area (Å²) in [6.45, 7) is 4.73. The summed E-state index contributed by atoms with van der Waals surface area (Å²) in [6.07, 6.45) is -5.57. The molecule has 0 radical (unpaired) electrons. The molecule has 0 aromatic heterocycles. The molecule has 25 heavy (non-hydrogen) atoms. The van der Waals surface area contributed by atoms with E-state index in [0.29, 0.717) is 0 Å². The van der Waals surface area contributed by atoms with Gasteiger partial charge in [0.1, 0.15) is 11.4 Å². The number of hydrogen-bond acceptors (Lipinski definition) is 3. The molecule has 0 spiro atoms. The number of hydrogen-bond donors (Lipinski definition) is 2. The fourth-order valence-electron chi connectivity index (χ4n) is 2.03. The summed E-state index contributed by atoms with van der Waals surface area (Å²) in [5, 5.41) is 19.0. The summed E-state index contributed by atoms with van der Waals surface area (Å²) in [6, 6.07) is 2.53. The van der Waals surface area contributed by atoms with Gasteiger partial charge in [0, 0.05) is 10.6 Å². The lowest BCUT2D eigenvalue weighted by Crippen LogP contribution is -2.40. The van der Waals surface area contributed by atoms with Crippen molar-refractivity contribution in [2.75, 3.05) is 0 Å². The largest absolute Gasteiger partial charge is 0.478 e. The SMILES string of the molecule is C=CC(C)(O)C#Cc1cc(Cl)cc2c1OC(C(F)(F)F)C(C(=O)O)=C2. The van der Waals surface area contributed by atoms with E-state index >= 15 is 0 Å². The molecule has 0 bridgehead atoms. The molecular weight excluding hydrogens is 361 g/mol. The third kappa shape index (κ3) is 4.16. The van der Waals surface area contributed by atoms with Crippen LogP contribution in [0, 0.1) is 11.8 Å². The van der Waals surface area contributed by atoms with Crippen LogP contribution in [0.25, 0.3) is 6.08 Å². The number of rotatable bonds is 2. The lowest BCUT2D eigenvalue weighted by molar-refractivity contribution is -0.187. The van der Waals surface area contributed by atoms with Crippen molar-refractivity contribution >= 4 is 23.6 Å². The average Bonchev–Trinajstić information content (AvgIpc) is 2.50. The Kier molecular flexibility index (Phi) is 4.89. The van der Waals surface area contributed by atoms with Gasteiger partial charge in [-0.25, -0.2) is 4.79 Å². The first-order valence-corrected chi connectivity index (χ1v) is 7.23. The molecule has 0 amide bonds. The highest BCUT2D eigenvalue weighted by Gasteiger charge is 2.48. The molecule has 2 unspecified atom stereocenters. The second-order valence-electron chi connectivity index (χ2n) is 5.42. The molecule has 2 N–H and O–H groups in total. The Bertz CT molecular complexity index is 829. The van der Waals surface area contributed by atoms with Gasteiger partial charge in [-0.05, 0) is 31.2 Å². The van der Waals surface area contributed by atoms with Crippen molar-refractivity contribution in [3.05, 3.63) is 46.5 Å². The van der Waals surface area contributed by atoms with Gasteiger partial charge >= 0.3 is 12.1 Å². The fraction of sp³-hybridized carbons (Fsp3) is 0.235. The predicted octanol–water partition coefficient (Wildman–Crippen LogP) is 3.42. The first kappa shape index (κ1) is 18.9. The van der Waals surface area contributed by atoms with E-state index in [-0.39, 0.29) is 21.9 Å². The third-order valence-corrected chi connectivity index (χ3v) is 3.52. The highest BCUT2D eigenvalue weighted by atomic mass is 35.5. The monoisotopic (exact) mass is 372 g/mol. The number of ether oxygens (including phenoxy) is 1. The van der Waals surface area contributed by atoms with Gasteiger partial charge in [0.2, 0.25) is 6.10 Å². The van der Waals surface area contributed by atoms with Crippen LogP contribution < -0.4 is 4.74 Å². The molecule has 1 heterocycles. The molecule has 0 aliphatic carbocycles. The molecular formula is C17H12ClF3O4. The van der Waals surface area contributed by atoms with Crippen LogP contribution in [0.3, 0.4) is 0 Å². The van der Waals surface area contributed by atoms with Gasteiger partial charge < -0.3 is 14.9 Å². The topological polar surface area (TPSA) is 66.8 Å². The Morgan fingerprint density at radius 3 is 2.60 bits per heavy atom. The van der Waals surface area contributed by atoms with Crippen LogP contribution in [0.5, 0.6) is 5.75 Å². The second kappa shape index (κ2) is 6.47. The van der Waals surface area contributed by atoms with E-state index in [1.54, 1.807) is 0 Å². The maximum atomic E-state index is 13.1. The second-order valence-corrected chi connectivity index (χ2v) is 5.85. The van der Waals surface area contributed by atoms with Crippen LogP contribution in [-0.2, 0) is 4.79 Å². The Hall–Kier alpha value is -2.43. The van der Waals surface area contributed by atoms with Crippen LogP contribution in [-0.4, -0.2) is 34.1 Å². The first-order valence-electron chi connectivity index (χ1n) is 6.85. The third-order valence-electron chi connectivity index (χ3n) is 3.30. The highest BCUT2D eigenvalue weighted by Crippen LogP contribution is 2.40. The summed E-state index contributed by atoms with van der Waals surface area (Å²) < 4.78 is 44.3. The van der Waals surface area contributed by atoms with Gasteiger partial charge in [-0.1, -0.05) is 30.0 Å². The number of aliphatic carboxylic acids is 1. The first-order chi connectivity index (χ1) is 11.4. The van der Waals surface area contributed by atoms with Crippen molar-refractivity contribution in [1.82, 2.24) is 0 Å². The number of benzene rings is 1. The number of aliphatic hydroxyl groups is 1. The van der Waals surface area contributed by atoms with E-state index in [1.165, 1.54) is 19.1 Å². The Labute approximate surface area is 146 Å². The molecule has 1 aromatic carbocycles. The van der Waals surface area contributed by atoms with Gasteiger partial charge in [0.15, 0.2) is 0 Å². The zero-order chi connectivity index (χ0) is 19.0. The normalized spacial score (nSPS) is 18.6. The van der Waals surface area contributed by atoms with Crippen molar-refractivity contribution in [3.63, 3.8) is 0 Å². The van der Waals surface area contributed by atoms with Gasteiger partial charge in [0.25, 0.3) is 0 Å². The van der Waals surface area contributed by atoms with Gasteiger partial charge in [-0.3, -0.25) is 0 Å². The van der Waals surface area contributed by atoms with E-state index in [1.807, 2.05) is 0 Å². The molecule has 0 saturated carbocycles. The number of carboxylic acids is 1. The lowest BCUT2D eigenvalue weighted by atomic mass is 9.98. The van der Waals surface area contributed by atoms with E-state index in [4.69, 9.17) is 21.4 Å². The van der Waals surface area contributed by atoms with E-state index in [0.717, 1.165) is 12.2 Å². The van der Waals surface area contributed by atoms with E-state index < -0.39 is 29.4 Å². The van der Waals surface area contributed by atoms with Crippen molar-refractivity contribution in [2.24, 2.45) is 0 Å². The molecule has 132 valence electrons. The minimum Gasteiger partial charge on any atom is -0.478 e. The summed E-state index contributed by atoms with van der Waals surface area (Å²) in [7, 11) is 0. The maximum Gasteiger partial charge on any atom is 0.430 e. The van der Waals surface area contributed by atoms with Gasteiger partial charge in [-0.15, -0.1) is 0 Å². The number of carbonyl (C=O) groups is 1. The van der Waals surface area contributed by atoms with Crippen molar-refractivity contribution in [1.29, 1.82) is 0 Å². The van der Waals surface area contributed by atoms with Crippen LogP contribution in [0.1, 0.15) is 18.1 Å². The van der Waals surface area contributed by atoms with Gasteiger partial charge in [-0.2, -0.15) is 13.2 Å². The van der Waals surface area contributed by atoms with Crippen LogP contribution in [0.4, 0.5) is 13.2 Å². The molecule has 1 aromatic rings. The smallest absolute Gasteiger partial charge is 0.430 e. The zero-order valence-corrected chi connectivity index (χ0v) is 13.6. The highest BCUT2D eigenvalue weighted by molar-refractivity contribution is 6.31. The van der Waals surface area contributed by atoms with Crippen LogP contribution >= 0.6 is 11.6 Å². The van der Waals surface area contributed by atoms with E-state index in [9.17, 15) is 23.1 Å². The summed E-state index contributed by atoms with van der Waals surface area (Å²) in [5.74, 6) is 2.90. The van der Waals surface area contributed by atoms with Gasteiger partial charge in [0.05, 0.1) is 11.1 Å². The molecule has 0 fully saturated rings. The van der Waals surface area contributed by atoms with Crippen molar-refractivity contribution in [2.45, 2.75) is 24.8 Å². The number of halogens is 4.